The number of aromatic nitrogens is 2. The van der Waals surface area contributed by atoms with Crippen molar-refractivity contribution in [3.8, 4) is 0 Å². The molecule has 1 amide bonds. The molecule has 0 aromatic carbocycles. The molecule has 0 saturated heterocycles. The van der Waals surface area contributed by atoms with Crippen molar-refractivity contribution in [3.63, 3.8) is 0 Å². The van der Waals surface area contributed by atoms with Gasteiger partial charge in [-0.3, -0.25) is 14.2 Å². The molecular weight excluding hydrogens is 346 g/mol. The lowest BCUT2D eigenvalue weighted by Gasteiger charge is -2.36. The maximum absolute atomic E-state index is 13.1. The van der Waals surface area contributed by atoms with Crippen LogP contribution in [0, 0.1) is 5.92 Å². The molecule has 0 N–H and O–H groups in total. The largest absolute Gasteiger partial charge is 0.335 e. The first-order valence-electron chi connectivity index (χ1n) is 9.85. The van der Waals surface area contributed by atoms with Crippen molar-refractivity contribution in [1.82, 2.24) is 14.5 Å². The van der Waals surface area contributed by atoms with Gasteiger partial charge in [-0.25, -0.2) is 4.98 Å². The molecule has 2 aromatic rings. The molecule has 2 aliphatic rings. The van der Waals surface area contributed by atoms with Crippen molar-refractivity contribution in [3.05, 3.63) is 27.6 Å². The molecule has 0 atom stereocenters. The van der Waals surface area contributed by atoms with E-state index in [1.165, 1.54) is 17.4 Å². The van der Waals surface area contributed by atoms with Crippen LogP contribution < -0.4 is 5.56 Å². The Morgan fingerprint density at radius 2 is 1.88 bits per heavy atom. The molecule has 2 heterocycles. The molecule has 26 heavy (non-hydrogen) atoms. The Morgan fingerprint density at radius 1 is 1.23 bits per heavy atom. The summed E-state index contributed by atoms with van der Waals surface area (Å²) in [6, 6.07) is 2.67. The Morgan fingerprint density at radius 3 is 2.50 bits per heavy atom. The zero-order valence-electron chi connectivity index (χ0n) is 15.6. The molecule has 0 aliphatic heterocycles. The first-order valence-corrected chi connectivity index (χ1v) is 10.7. The normalized spacial score (nSPS) is 23.3. The van der Waals surface area contributed by atoms with Crippen molar-refractivity contribution in [2.24, 2.45) is 5.92 Å². The highest BCUT2D eigenvalue weighted by atomic mass is 32.1. The fourth-order valence-electron chi connectivity index (χ4n) is 4.10. The number of rotatable bonds is 5. The van der Waals surface area contributed by atoms with Crippen molar-refractivity contribution in [1.29, 1.82) is 0 Å². The van der Waals surface area contributed by atoms with Crippen LogP contribution in [0.1, 0.15) is 57.2 Å². The summed E-state index contributed by atoms with van der Waals surface area (Å²) in [6.07, 6.45) is 9.25. The first kappa shape index (κ1) is 17.7. The van der Waals surface area contributed by atoms with Crippen molar-refractivity contribution >= 4 is 27.5 Å². The highest BCUT2D eigenvalue weighted by Gasteiger charge is 2.38. The third kappa shape index (κ3) is 3.43. The van der Waals surface area contributed by atoms with Gasteiger partial charge in [-0.1, -0.05) is 13.8 Å². The van der Waals surface area contributed by atoms with E-state index < -0.39 is 0 Å². The summed E-state index contributed by atoms with van der Waals surface area (Å²) in [6.45, 7) is 4.48. The van der Waals surface area contributed by atoms with Crippen LogP contribution in [0.2, 0.25) is 0 Å². The predicted octanol–water partition coefficient (Wildman–Crippen LogP) is 3.59. The lowest BCUT2D eigenvalue weighted by Crippen LogP contribution is -2.46. The molecule has 0 bridgehead atoms. The van der Waals surface area contributed by atoms with Gasteiger partial charge in [0.1, 0.15) is 11.4 Å². The number of nitrogens with zero attached hydrogens (tertiary/aromatic N) is 3. The number of fused-ring (bicyclic) bond motifs is 1. The highest BCUT2D eigenvalue weighted by molar-refractivity contribution is 7.18. The zero-order chi connectivity index (χ0) is 18.3. The quantitative estimate of drug-likeness (QED) is 0.805. The van der Waals surface area contributed by atoms with E-state index in [1.54, 1.807) is 17.7 Å². The maximum atomic E-state index is 13.1. The van der Waals surface area contributed by atoms with Crippen LogP contribution in [0.5, 0.6) is 0 Å². The van der Waals surface area contributed by atoms with Crippen molar-refractivity contribution in [2.75, 3.05) is 0 Å². The summed E-state index contributed by atoms with van der Waals surface area (Å²) in [5.74, 6) is 0.851. The Bertz CT molecular complexity index is 860. The number of aryl methyl sites for hydroxylation is 1. The van der Waals surface area contributed by atoms with Gasteiger partial charge < -0.3 is 4.90 Å². The minimum Gasteiger partial charge on any atom is -0.335 e. The summed E-state index contributed by atoms with van der Waals surface area (Å²) < 4.78 is 1.50. The standard InChI is InChI=1S/C20H27N3O2S/c1-3-16-10-17-19(26-16)21-12-22(20(17)25)11-18(24)23(15-8-9-15)14-6-4-13(2)5-7-14/h10,12-15H,3-9,11H2,1-2H3. The van der Waals surface area contributed by atoms with E-state index in [1.807, 2.05) is 6.07 Å². The summed E-state index contributed by atoms with van der Waals surface area (Å²) in [5.41, 5.74) is -0.0905. The molecule has 0 unspecified atom stereocenters. The SMILES string of the molecule is CCc1cc2c(=O)n(CC(=O)N(C3CCC(C)CC3)C3CC3)cnc2s1. The van der Waals surface area contributed by atoms with Gasteiger partial charge in [0, 0.05) is 17.0 Å². The number of carbonyl (C=O) groups is 1. The number of hydrogen-bond acceptors (Lipinski definition) is 4. The van der Waals surface area contributed by atoms with Gasteiger partial charge in [0.25, 0.3) is 5.56 Å². The molecule has 2 saturated carbocycles. The second kappa shape index (κ2) is 7.14. The third-order valence-corrected chi connectivity index (χ3v) is 7.02. The lowest BCUT2D eigenvalue weighted by molar-refractivity contribution is -0.135. The van der Waals surface area contributed by atoms with E-state index in [0.717, 1.165) is 47.7 Å². The molecule has 2 fully saturated rings. The predicted molar refractivity (Wildman–Crippen MR) is 105 cm³/mol. The van der Waals surface area contributed by atoms with Crippen molar-refractivity contribution in [2.45, 2.75) is 77.4 Å². The van der Waals surface area contributed by atoms with Crippen LogP contribution in [-0.2, 0) is 17.8 Å². The summed E-state index contributed by atoms with van der Waals surface area (Å²) in [7, 11) is 0. The van der Waals surface area contributed by atoms with E-state index in [9.17, 15) is 9.59 Å². The fraction of sp³-hybridized carbons (Fsp3) is 0.650. The zero-order valence-corrected chi connectivity index (χ0v) is 16.4. The molecule has 0 radical (unpaired) electrons. The van der Waals surface area contributed by atoms with E-state index in [-0.39, 0.29) is 18.0 Å². The molecule has 0 spiro atoms. The first-order chi connectivity index (χ1) is 12.6. The Balaban J connectivity index is 1.55. The van der Waals surface area contributed by atoms with Gasteiger partial charge in [-0.05, 0) is 56.9 Å². The minimum absolute atomic E-state index is 0.0845. The second-order valence-electron chi connectivity index (χ2n) is 7.91. The van der Waals surface area contributed by atoms with Gasteiger partial charge in [-0.15, -0.1) is 11.3 Å². The van der Waals surface area contributed by atoms with E-state index in [0.29, 0.717) is 17.5 Å². The number of thiophene rings is 1. The Hall–Kier alpha value is -1.69. The van der Waals surface area contributed by atoms with Gasteiger partial charge in [-0.2, -0.15) is 0 Å². The molecule has 2 aliphatic carbocycles. The molecular formula is C20H27N3O2S. The summed E-state index contributed by atoms with van der Waals surface area (Å²) in [4.78, 5) is 34.3. The third-order valence-electron chi connectivity index (χ3n) is 5.83. The van der Waals surface area contributed by atoms with E-state index >= 15 is 0 Å². The van der Waals surface area contributed by atoms with Crippen LogP contribution in [0.4, 0.5) is 0 Å². The van der Waals surface area contributed by atoms with E-state index in [2.05, 4.69) is 23.7 Å². The smallest absolute Gasteiger partial charge is 0.262 e. The number of carbonyl (C=O) groups excluding carboxylic acids is 1. The van der Waals surface area contributed by atoms with Gasteiger partial charge >= 0.3 is 0 Å². The van der Waals surface area contributed by atoms with Crippen molar-refractivity contribution < 1.29 is 4.79 Å². The monoisotopic (exact) mass is 373 g/mol. The van der Waals surface area contributed by atoms with Crippen LogP contribution in [0.25, 0.3) is 10.2 Å². The van der Waals surface area contributed by atoms with Crippen LogP contribution in [-0.4, -0.2) is 32.4 Å². The van der Waals surface area contributed by atoms with E-state index in [4.69, 9.17) is 0 Å². The molecule has 2 aromatic heterocycles. The van der Waals surface area contributed by atoms with Crippen LogP contribution in [0.15, 0.2) is 17.2 Å². The average Bonchev–Trinajstić information content (AvgIpc) is 3.36. The number of amides is 1. The van der Waals surface area contributed by atoms with Crippen LogP contribution in [0.3, 0.4) is 0 Å². The summed E-state index contributed by atoms with van der Waals surface area (Å²) >= 11 is 1.56. The Kier molecular flexibility index (Phi) is 4.86. The average molecular weight is 374 g/mol. The van der Waals surface area contributed by atoms with Crippen LogP contribution >= 0.6 is 11.3 Å². The molecule has 4 rings (SSSR count). The molecule has 140 valence electrons. The molecule has 5 nitrogen and oxygen atoms in total. The maximum Gasteiger partial charge on any atom is 0.262 e. The molecule has 6 heteroatoms. The Labute approximate surface area is 158 Å². The van der Waals surface area contributed by atoms with Gasteiger partial charge in [0.2, 0.25) is 5.91 Å². The second-order valence-corrected chi connectivity index (χ2v) is 9.02. The topological polar surface area (TPSA) is 55.2 Å². The fourth-order valence-corrected chi connectivity index (χ4v) is 5.03. The highest BCUT2D eigenvalue weighted by Crippen LogP contribution is 2.35. The van der Waals surface area contributed by atoms with Gasteiger partial charge in [0.05, 0.1) is 11.7 Å². The lowest BCUT2D eigenvalue weighted by atomic mass is 9.86. The number of hydrogen-bond donors (Lipinski definition) is 0. The minimum atomic E-state index is -0.0905. The van der Waals surface area contributed by atoms with Gasteiger partial charge in [0.15, 0.2) is 0 Å². The summed E-state index contributed by atoms with van der Waals surface area (Å²) in [5, 5.41) is 0.645.